The summed E-state index contributed by atoms with van der Waals surface area (Å²) >= 11 is 0. The summed E-state index contributed by atoms with van der Waals surface area (Å²) in [6, 6.07) is 27.8. The second-order valence-electron chi connectivity index (χ2n) is 13.7. The van der Waals surface area contributed by atoms with Gasteiger partial charge >= 0.3 is 0 Å². The zero-order valence-electron chi connectivity index (χ0n) is 28.8. The van der Waals surface area contributed by atoms with Crippen LogP contribution in [0.25, 0.3) is 11.1 Å². The van der Waals surface area contributed by atoms with Crippen molar-refractivity contribution in [3.63, 3.8) is 0 Å². The lowest BCUT2D eigenvalue weighted by molar-refractivity contribution is -0.134. The SMILES string of the molecule is CCCCN(C)c1ccc(-c2cccc(CN(Cc3cccc(CN)c3)C(=O)CC(C)(C)C)c2)cc1NC(=O)c1ccc2c(c1)OCO2. The van der Waals surface area contributed by atoms with Gasteiger partial charge < -0.3 is 30.3 Å². The van der Waals surface area contributed by atoms with E-state index in [4.69, 9.17) is 15.2 Å². The average Bonchev–Trinajstić information content (AvgIpc) is 3.54. The van der Waals surface area contributed by atoms with Gasteiger partial charge in [-0.15, -0.1) is 0 Å². The number of carbonyl (C=O) groups is 2. The molecular weight excluding hydrogens is 600 g/mol. The number of nitrogens with zero attached hydrogens (tertiary/aromatic N) is 2. The number of amides is 2. The predicted molar refractivity (Wildman–Crippen MR) is 193 cm³/mol. The number of hydrogen-bond acceptors (Lipinski definition) is 6. The maximum Gasteiger partial charge on any atom is 0.255 e. The van der Waals surface area contributed by atoms with Crippen LogP contribution < -0.4 is 25.4 Å². The van der Waals surface area contributed by atoms with E-state index in [1.807, 2.05) is 42.3 Å². The lowest BCUT2D eigenvalue weighted by Crippen LogP contribution is -2.32. The van der Waals surface area contributed by atoms with E-state index in [-0.39, 0.29) is 24.0 Å². The molecule has 0 aliphatic carbocycles. The van der Waals surface area contributed by atoms with E-state index < -0.39 is 0 Å². The highest BCUT2D eigenvalue weighted by molar-refractivity contribution is 6.06. The van der Waals surface area contributed by atoms with Crippen molar-refractivity contribution in [3.05, 3.63) is 107 Å². The molecule has 8 nitrogen and oxygen atoms in total. The molecule has 0 atom stereocenters. The molecule has 8 heteroatoms. The third kappa shape index (κ3) is 8.95. The van der Waals surface area contributed by atoms with Crippen LogP contribution in [0.1, 0.15) is 74.0 Å². The van der Waals surface area contributed by atoms with Crippen molar-refractivity contribution in [1.29, 1.82) is 0 Å². The van der Waals surface area contributed by atoms with Crippen molar-refractivity contribution in [2.24, 2.45) is 11.1 Å². The molecule has 1 heterocycles. The first-order valence-corrected chi connectivity index (χ1v) is 16.7. The minimum Gasteiger partial charge on any atom is -0.454 e. The number of benzene rings is 4. The summed E-state index contributed by atoms with van der Waals surface area (Å²) in [4.78, 5) is 31.2. The van der Waals surface area contributed by atoms with Crippen LogP contribution in [0, 0.1) is 5.41 Å². The van der Waals surface area contributed by atoms with Gasteiger partial charge in [0.15, 0.2) is 11.5 Å². The first kappa shape index (κ1) is 34.5. The molecule has 4 aromatic rings. The Hall–Kier alpha value is -4.82. The van der Waals surface area contributed by atoms with Crippen molar-refractivity contribution in [2.75, 3.05) is 30.6 Å². The van der Waals surface area contributed by atoms with E-state index in [9.17, 15) is 9.59 Å². The number of nitrogens with two attached hydrogens (primary N) is 1. The molecule has 48 heavy (non-hydrogen) atoms. The van der Waals surface area contributed by atoms with Gasteiger partial charge in [0.2, 0.25) is 12.7 Å². The number of unbranched alkanes of at least 4 members (excludes halogenated alkanes) is 1. The van der Waals surface area contributed by atoms with Gasteiger partial charge in [0.1, 0.15) is 0 Å². The van der Waals surface area contributed by atoms with Crippen molar-refractivity contribution in [1.82, 2.24) is 4.90 Å². The molecule has 5 rings (SSSR count). The van der Waals surface area contributed by atoms with Gasteiger partial charge in [-0.3, -0.25) is 9.59 Å². The fourth-order valence-corrected chi connectivity index (χ4v) is 5.84. The van der Waals surface area contributed by atoms with Crippen LogP contribution in [0.2, 0.25) is 0 Å². The summed E-state index contributed by atoms with van der Waals surface area (Å²) in [5.41, 5.74) is 13.0. The van der Waals surface area contributed by atoms with Crippen LogP contribution in [0.4, 0.5) is 11.4 Å². The minimum absolute atomic E-state index is 0.110. The quantitative estimate of drug-likeness (QED) is 0.153. The minimum atomic E-state index is -0.226. The Morgan fingerprint density at radius 3 is 2.25 bits per heavy atom. The van der Waals surface area contributed by atoms with Gasteiger partial charge in [0, 0.05) is 45.2 Å². The molecule has 252 valence electrons. The number of anilines is 2. The Balaban J connectivity index is 1.43. The monoisotopic (exact) mass is 648 g/mol. The molecule has 0 radical (unpaired) electrons. The first-order chi connectivity index (χ1) is 23.0. The average molecular weight is 649 g/mol. The summed E-state index contributed by atoms with van der Waals surface area (Å²) in [6.45, 7) is 10.9. The summed E-state index contributed by atoms with van der Waals surface area (Å²) < 4.78 is 10.9. The van der Waals surface area contributed by atoms with E-state index >= 15 is 0 Å². The van der Waals surface area contributed by atoms with Gasteiger partial charge in [-0.2, -0.15) is 0 Å². The van der Waals surface area contributed by atoms with Gasteiger partial charge in [0.25, 0.3) is 5.91 Å². The summed E-state index contributed by atoms with van der Waals surface area (Å²) in [5.74, 6) is 1.09. The molecule has 0 unspecified atom stereocenters. The van der Waals surface area contributed by atoms with Crippen LogP contribution in [-0.2, 0) is 24.4 Å². The van der Waals surface area contributed by atoms with Gasteiger partial charge in [-0.25, -0.2) is 0 Å². The highest BCUT2D eigenvalue weighted by Gasteiger charge is 2.23. The van der Waals surface area contributed by atoms with Crippen molar-refractivity contribution in [3.8, 4) is 22.6 Å². The number of fused-ring (bicyclic) bond motifs is 1. The zero-order chi connectivity index (χ0) is 34.3. The molecule has 0 aromatic heterocycles. The van der Waals surface area contributed by atoms with Crippen LogP contribution in [0.15, 0.2) is 84.9 Å². The molecule has 1 aliphatic heterocycles. The third-order valence-electron chi connectivity index (χ3n) is 8.41. The number of ether oxygens (including phenoxy) is 2. The second-order valence-corrected chi connectivity index (χ2v) is 13.7. The maximum absolute atomic E-state index is 13.6. The van der Waals surface area contributed by atoms with Crippen molar-refractivity contribution in [2.45, 2.75) is 66.6 Å². The summed E-state index contributed by atoms with van der Waals surface area (Å²) in [5, 5.41) is 3.17. The molecule has 0 bridgehead atoms. The summed E-state index contributed by atoms with van der Waals surface area (Å²) in [6.07, 6.45) is 2.56. The van der Waals surface area contributed by atoms with Crippen LogP contribution in [0.5, 0.6) is 11.5 Å². The highest BCUT2D eigenvalue weighted by Crippen LogP contribution is 2.35. The van der Waals surface area contributed by atoms with Gasteiger partial charge in [0.05, 0.1) is 11.4 Å². The molecule has 0 fully saturated rings. The Morgan fingerprint density at radius 1 is 0.833 bits per heavy atom. The smallest absolute Gasteiger partial charge is 0.255 e. The predicted octanol–water partition coefficient (Wildman–Crippen LogP) is 7.99. The van der Waals surface area contributed by atoms with E-state index in [0.29, 0.717) is 43.1 Å². The number of rotatable bonds is 13. The molecular formula is C40H48N4O4. The molecule has 1 aliphatic rings. The third-order valence-corrected chi connectivity index (χ3v) is 8.41. The van der Waals surface area contributed by atoms with Crippen molar-refractivity contribution >= 4 is 23.2 Å². The number of carbonyl (C=O) groups excluding carboxylic acids is 2. The van der Waals surface area contributed by atoms with E-state index in [0.717, 1.165) is 58.6 Å². The largest absolute Gasteiger partial charge is 0.454 e. The van der Waals surface area contributed by atoms with Gasteiger partial charge in [-0.1, -0.05) is 82.6 Å². The zero-order valence-corrected chi connectivity index (χ0v) is 28.8. The Morgan fingerprint density at radius 2 is 1.52 bits per heavy atom. The van der Waals surface area contributed by atoms with E-state index in [2.05, 4.69) is 74.3 Å². The molecule has 2 amide bonds. The lowest BCUT2D eigenvalue weighted by atomic mass is 9.91. The number of hydrogen-bond donors (Lipinski definition) is 2. The molecule has 0 saturated carbocycles. The summed E-state index contributed by atoms with van der Waals surface area (Å²) in [7, 11) is 2.05. The normalized spacial score (nSPS) is 12.1. The van der Waals surface area contributed by atoms with Crippen LogP contribution in [-0.4, -0.2) is 37.1 Å². The van der Waals surface area contributed by atoms with Gasteiger partial charge in [-0.05, 0) is 76.1 Å². The Kier molecular flexibility index (Phi) is 11.1. The first-order valence-electron chi connectivity index (χ1n) is 16.7. The topological polar surface area (TPSA) is 97.1 Å². The molecule has 0 saturated heterocycles. The van der Waals surface area contributed by atoms with Crippen LogP contribution >= 0.6 is 0 Å². The fraction of sp³-hybridized carbons (Fsp3) is 0.350. The van der Waals surface area contributed by atoms with Crippen molar-refractivity contribution < 1.29 is 19.1 Å². The maximum atomic E-state index is 13.6. The molecule has 4 aromatic carbocycles. The molecule has 0 spiro atoms. The number of nitrogens with one attached hydrogen (secondary N) is 1. The fourth-order valence-electron chi connectivity index (χ4n) is 5.84. The highest BCUT2D eigenvalue weighted by atomic mass is 16.7. The Labute approximate surface area is 284 Å². The standard InChI is InChI=1S/C40H48N4O4/c1-6-7-18-43(5)35-16-14-32(21-34(35)42-39(46)33-15-17-36-37(22-33)48-27-47-36)31-13-9-12-30(20-31)26-44(38(45)23-40(2,3)4)25-29-11-8-10-28(19-29)24-41/h8-17,19-22H,6-7,18,23-27,41H2,1-5H3,(H,42,46). The Bertz CT molecular complexity index is 1750. The van der Waals surface area contributed by atoms with E-state index in [1.165, 1.54) is 0 Å². The van der Waals surface area contributed by atoms with E-state index in [1.54, 1.807) is 18.2 Å². The van der Waals surface area contributed by atoms with Crippen LogP contribution in [0.3, 0.4) is 0 Å². The molecule has 3 N–H and O–H groups in total. The second kappa shape index (κ2) is 15.4. The lowest BCUT2D eigenvalue weighted by Gasteiger charge is -2.27.